The van der Waals surface area contributed by atoms with E-state index in [9.17, 15) is 0 Å². The Hall–Kier alpha value is -1.33. The summed E-state index contributed by atoms with van der Waals surface area (Å²) in [6, 6.07) is 9.10. The lowest BCUT2D eigenvalue weighted by molar-refractivity contribution is 0.775. The molecule has 5 heteroatoms. The number of aromatic nitrogens is 2. The summed E-state index contributed by atoms with van der Waals surface area (Å²) in [5.74, 6) is 1.03. The lowest BCUT2D eigenvalue weighted by atomic mass is 10.2. The van der Waals surface area contributed by atoms with E-state index in [0.717, 1.165) is 32.8 Å². The zero-order valence-corrected chi connectivity index (χ0v) is 14.2. The fraction of sp³-hybridized carbons (Fsp3) is 0.312. The molecule has 3 nitrogen and oxygen atoms in total. The number of thiophene rings is 1. The maximum absolute atomic E-state index is 6.25. The summed E-state index contributed by atoms with van der Waals surface area (Å²) in [6.07, 6.45) is 3.49. The van der Waals surface area contributed by atoms with Crippen molar-refractivity contribution >= 4 is 43.3 Å². The summed E-state index contributed by atoms with van der Waals surface area (Å²) in [6.45, 7) is 2.16. The van der Waals surface area contributed by atoms with E-state index in [1.54, 1.807) is 11.3 Å². The van der Waals surface area contributed by atoms with E-state index in [1.165, 1.54) is 23.2 Å². The summed E-state index contributed by atoms with van der Waals surface area (Å²) in [7, 11) is 0. The summed E-state index contributed by atoms with van der Waals surface area (Å²) < 4.78 is 3.44. The van der Waals surface area contributed by atoms with Crippen molar-refractivity contribution in [2.75, 3.05) is 5.73 Å². The first-order chi connectivity index (χ1) is 10.2. The molecule has 0 radical (unpaired) electrons. The third-order valence-corrected chi connectivity index (χ3v) is 5.57. The van der Waals surface area contributed by atoms with Crippen molar-refractivity contribution in [2.45, 2.75) is 32.2 Å². The van der Waals surface area contributed by atoms with Gasteiger partial charge in [-0.25, -0.2) is 4.98 Å². The summed E-state index contributed by atoms with van der Waals surface area (Å²) in [5, 5.41) is 0.878. The normalized spacial score (nSPS) is 15.0. The van der Waals surface area contributed by atoms with Gasteiger partial charge in [0.05, 0.1) is 21.6 Å². The molecule has 0 atom stereocenters. The highest BCUT2D eigenvalue weighted by molar-refractivity contribution is 9.10. The molecule has 1 saturated carbocycles. The molecule has 0 amide bonds. The van der Waals surface area contributed by atoms with Crippen molar-refractivity contribution in [1.29, 1.82) is 0 Å². The molecule has 108 valence electrons. The molecule has 0 bridgehead atoms. The Morgan fingerprint density at radius 3 is 2.86 bits per heavy atom. The predicted octanol–water partition coefficient (Wildman–Crippen LogP) is 5.01. The number of anilines is 1. The fourth-order valence-electron chi connectivity index (χ4n) is 2.77. The number of hydrogen-bond donors (Lipinski definition) is 1. The quantitative estimate of drug-likeness (QED) is 0.712. The van der Waals surface area contributed by atoms with E-state index in [4.69, 9.17) is 10.7 Å². The van der Waals surface area contributed by atoms with Crippen molar-refractivity contribution in [3.05, 3.63) is 33.6 Å². The van der Waals surface area contributed by atoms with Gasteiger partial charge in [0.1, 0.15) is 5.82 Å². The first-order valence-corrected chi connectivity index (χ1v) is 8.84. The summed E-state index contributed by atoms with van der Waals surface area (Å²) in [4.78, 5) is 6.19. The Kier molecular flexibility index (Phi) is 3.08. The Morgan fingerprint density at radius 1 is 1.38 bits per heavy atom. The van der Waals surface area contributed by atoms with Crippen LogP contribution in [0.5, 0.6) is 0 Å². The van der Waals surface area contributed by atoms with Gasteiger partial charge in [0, 0.05) is 15.4 Å². The Bertz CT molecular complexity index is 830. The van der Waals surface area contributed by atoms with Crippen LogP contribution in [-0.2, 0) is 6.42 Å². The molecule has 1 aromatic carbocycles. The van der Waals surface area contributed by atoms with Gasteiger partial charge in [-0.3, -0.25) is 0 Å². The Morgan fingerprint density at radius 2 is 2.19 bits per heavy atom. The average molecular weight is 362 g/mol. The first-order valence-electron chi connectivity index (χ1n) is 7.23. The second-order valence-electron chi connectivity index (χ2n) is 5.51. The maximum Gasteiger partial charge on any atom is 0.144 e. The molecule has 4 rings (SSSR count). The van der Waals surface area contributed by atoms with Gasteiger partial charge in [0.15, 0.2) is 0 Å². The zero-order valence-electron chi connectivity index (χ0n) is 11.8. The number of rotatable bonds is 3. The van der Waals surface area contributed by atoms with Crippen LogP contribution in [0.2, 0.25) is 0 Å². The number of halogens is 1. The largest absolute Gasteiger partial charge is 0.390 e. The monoisotopic (exact) mass is 361 g/mol. The van der Waals surface area contributed by atoms with Gasteiger partial charge in [-0.1, -0.05) is 22.9 Å². The first kappa shape index (κ1) is 13.3. The minimum atomic E-state index is 0.579. The zero-order chi connectivity index (χ0) is 14.6. The van der Waals surface area contributed by atoms with E-state index < -0.39 is 0 Å². The van der Waals surface area contributed by atoms with Crippen LogP contribution in [0.1, 0.15) is 30.7 Å². The van der Waals surface area contributed by atoms with Gasteiger partial charge < -0.3 is 10.3 Å². The Balaban J connectivity index is 1.98. The van der Waals surface area contributed by atoms with E-state index in [1.807, 2.05) is 0 Å². The molecule has 0 unspecified atom stereocenters. The molecule has 2 aromatic heterocycles. The van der Waals surface area contributed by atoms with Crippen molar-refractivity contribution < 1.29 is 0 Å². The van der Waals surface area contributed by atoms with Gasteiger partial charge in [0.2, 0.25) is 0 Å². The highest BCUT2D eigenvalue weighted by Crippen LogP contribution is 2.44. The standard InChI is InChI=1S/C16H16BrN3S/c1-2-11-8-12(15(18)21-11)16-19-13-7-9(17)3-6-14(13)20(16)10-4-5-10/h3,6-8,10H,2,4-5,18H2,1H3. The van der Waals surface area contributed by atoms with Crippen LogP contribution in [0.25, 0.3) is 22.4 Å². The van der Waals surface area contributed by atoms with Crippen LogP contribution in [-0.4, -0.2) is 9.55 Å². The number of nitrogen functional groups attached to an aromatic ring is 1. The van der Waals surface area contributed by atoms with Crippen LogP contribution in [0, 0.1) is 0 Å². The molecule has 0 spiro atoms. The SMILES string of the molecule is CCc1cc(-c2nc3cc(Br)ccc3n2C2CC2)c(N)s1. The van der Waals surface area contributed by atoms with E-state index in [0.29, 0.717) is 6.04 Å². The lowest BCUT2D eigenvalue weighted by Gasteiger charge is -2.07. The molecule has 2 heterocycles. The molecule has 21 heavy (non-hydrogen) atoms. The van der Waals surface area contributed by atoms with Gasteiger partial charge in [-0.2, -0.15) is 0 Å². The van der Waals surface area contributed by atoms with Crippen molar-refractivity contribution in [3.8, 4) is 11.4 Å². The maximum atomic E-state index is 6.25. The Labute approximate surface area is 135 Å². The van der Waals surface area contributed by atoms with Crippen molar-refractivity contribution in [2.24, 2.45) is 0 Å². The van der Waals surface area contributed by atoms with E-state index in [2.05, 4.69) is 51.7 Å². The molecule has 0 saturated heterocycles. The second-order valence-corrected chi connectivity index (χ2v) is 7.60. The van der Waals surface area contributed by atoms with Crippen LogP contribution >= 0.6 is 27.3 Å². The third kappa shape index (κ3) is 2.19. The van der Waals surface area contributed by atoms with Gasteiger partial charge in [-0.15, -0.1) is 11.3 Å². The number of imidazole rings is 1. The second kappa shape index (κ2) is 4.85. The molecule has 1 aliphatic rings. The molecule has 1 fully saturated rings. The molecule has 0 aliphatic heterocycles. The van der Waals surface area contributed by atoms with Crippen LogP contribution in [0.3, 0.4) is 0 Å². The van der Waals surface area contributed by atoms with E-state index in [-0.39, 0.29) is 0 Å². The van der Waals surface area contributed by atoms with Gasteiger partial charge in [0.25, 0.3) is 0 Å². The molecular formula is C16H16BrN3S. The average Bonchev–Trinajstić information content (AvgIpc) is 3.13. The molecular weight excluding hydrogens is 346 g/mol. The minimum absolute atomic E-state index is 0.579. The van der Waals surface area contributed by atoms with Crippen LogP contribution in [0.15, 0.2) is 28.7 Å². The van der Waals surface area contributed by atoms with Crippen molar-refractivity contribution in [1.82, 2.24) is 9.55 Å². The summed E-state index contributed by atoms with van der Waals surface area (Å²) >= 11 is 5.21. The number of aryl methyl sites for hydroxylation is 1. The number of fused-ring (bicyclic) bond motifs is 1. The smallest absolute Gasteiger partial charge is 0.144 e. The number of hydrogen-bond acceptors (Lipinski definition) is 3. The van der Waals surface area contributed by atoms with Crippen LogP contribution in [0.4, 0.5) is 5.00 Å². The number of benzene rings is 1. The van der Waals surface area contributed by atoms with E-state index >= 15 is 0 Å². The number of nitrogens with zero attached hydrogens (tertiary/aromatic N) is 2. The highest BCUT2D eigenvalue weighted by Gasteiger charge is 2.29. The fourth-order valence-corrected chi connectivity index (χ4v) is 3.98. The number of nitrogens with two attached hydrogens (primary N) is 1. The lowest BCUT2D eigenvalue weighted by Crippen LogP contribution is -1.98. The topological polar surface area (TPSA) is 43.8 Å². The summed E-state index contributed by atoms with van der Waals surface area (Å²) in [5.41, 5.74) is 9.58. The third-order valence-electron chi connectivity index (χ3n) is 3.96. The van der Waals surface area contributed by atoms with Gasteiger partial charge in [-0.05, 0) is 43.5 Å². The van der Waals surface area contributed by atoms with Crippen molar-refractivity contribution in [3.63, 3.8) is 0 Å². The molecule has 3 aromatic rings. The van der Waals surface area contributed by atoms with Gasteiger partial charge >= 0.3 is 0 Å². The highest BCUT2D eigenvalue weighted by atomic mass is 79.9. The molecule has 1 aliphatic carbocycles. The minimum Gasteiger partial charge on any atom is -0.390 e. The molecule has 2 N–H and O–H groups in total. The van der Waals surface area contributed by atoms with Crippen LogP contribution < -0.4 is 5.73 Å². The predicted molar refractivity (Wildman–Crippen MR) is 92.8 cm³/mol.